The first-order chi connectivity index (χ1) is 16.8. The predicted molar refractivity (Wildman–Crippen MR) is 131 cm³/mol. The van der Waals surface area contributed by atoms with Crippen LogP contribution in [0.2, 0.25) is 0 Å². The summed E-state index contributed by atoms with van der Waals surface area (Å²) < 4.78 is 3.95. The maximum Gasteiger partial charge on any atom is 0.138 e. The number of hydrogen-bond acceptors (Lipinski definition) is 4. The van der Waals surface area contributed by atoms with Gasteiger partial charge in [-0.2, -0.15) is 0 Å². The Labute approximate surface area is 193 Å². The third-order valence-corrected chi connectivity index (χ3v) is 5.97. The SMILES string of the molecule is c1cn(-c2ccc3nc(-c4ccc(-c5nc6ccc(-n7ccnc7)cc6[nH]5)cc4)[nH]c3c2)cn1. The fourth-order valence-corrected chi connectivity index (χ4v) is 4.20. The molecule has 0 bridgehead atoms. The van der Waals surface area contributed by atoms with Crippen molar-refractivity contribution in [2.45, 2.75) is 0 Å². The fraction of sp³-hybridized carbons (Fsp3) is 0. The van der Waals surface area contributed by atoms with Gasteiger partial charge in [-0.05, 0) is 36.4 Å². The molecule has 0 aliphatic rings. The maximum absolute atomic E-state index is 4.77. The summed E-state index contributed by atoms with van der Waals surface area (Å²) in [6.45, 7) is 0. The third kappa shape index (κ3) is 3.08. The van der Waals surface area contributed by atoms with Crippen molar-refractivity contribution in [2.24, 2.45) is 0 Å². The minimum absolute atomic E-state index is 0.832. The predicted octanol–water partition coefficient (Wildman–Crippen LogP) is 5.14. The molecular weight excluding hydrogens is 424 g/mol. The normalized spacial score (nSPS) is 11.5. The topological polar surface area (TPSA) is 93.0 Å². The molecule has 0 aliphatic carbocycles. The second kappa shape index (κ2) is 7.28. The van der Waals surface area contributed by atoms with Gasteiger partial charge in [-0.1, -0.05) is 24.3 Å². The van der Waals surface area contributed by atoms with Gasteiger partial charge in [-0.25, -0.2) is 19.9 Å². The van der Waals surface area contributed by atoms with Gasteiger partial charge >= 0.3 is 0 Å². The number of rotatable bonds is 4. The van der Waals surface area contributed by atoms with Crippen LogP contribution in [0, 0.1) is 0 Å². The van der Waals surface area contributed by atoms with Crippen LogP contribution in [0.25, 0.3) is 56.2 Å². The summed E-state index contributed by atoms with van der Waals surface area (Å²) >= 11 is 0. The van der Waals surface area contributed by atoms with E-state index in [9.17, 15) is 0 Å². The van der Waals surface area contributed by atoms with Gasteiger partial charge in [-0.3, -0.25) is 0 Å². The molecule has 8 nitrogen and oxygen atoms in total. The molecule has 0 aliphatic heterocycles. The first-order valence-electron chi connectivity index (χ1n) is 10.9. The van der Waals surface area contributed by atoms with E-state index >= 15 is 0 Å². The van der Waals surface area contributed by atoms with Gasteiger partial charge in [0.05, 0.1) is 34.7 Å². The molecule has 0 atom stereocenters. The lowest BCUT2D eigenvalue weighted by Crippen LogP contribution is -1.88. The van der Waals surface area contributed by atoms with E-state index in [1.54, 1.807) is 25.0 Å². The molecule has 0 amide bonds. The lowest BCUT2D eigenvalue weighted by atomic mass is 10.1. The largest absolute Gasteiger partial charge is 0.338 e. The molecule has 2 N–H and O–H groups in total. The molecule has 8 heteroatoms. The fourth-order valence-electron chi connectivity index (χ4n) is 4.20. The summed E-state index contributed by atoms with van der Waals surface area (Å²) in [6, 6.07) is 20.5. The molecule has 0 saturated carbocycles. The Bertz CT molecular complexity index is 1610. The molecule has 0 saturated heterocycles. The van der Waals surface area contributed by atoms with E-state index in [2.05, 4.69) is 56.3 Å². The van der Waals surface area contributed by atoms with Crippen molar-refractivity contribution in [3.8, 4) is 34.2 Å². The number of imidazole rings is 4. The lowest BCUT2D eigenvalue weighted by Gasteiger charge is -2.01. The van der Waals surface area contributed by atoms with Crippen molar-refractivity contribution in [3.63, 3.8) is 0 Å². The van der Waals surface area contributed by atoms with E-state index in [4.69, 9.17) is 9.97 Å². The molecular formula is C26H18N8. The number of hydrogen-bond donors (Lipinski definition) is 2. The quantitative estimate of drug-likeness (QED) is 0.394. The van der Waals surface area contributed by atoms with Crippen molar-refractivity contribution in [2.75, 3.05) is 0 Å². The van der Waals surface area contributed by atoms with E-state index in [1.165, 1.54) is 0 Å². The monoisotopic (exact) mass is 442 g/mol. The molecule has 4 aromatic heterocycles. The van der Waals surface area contributed by atoms with Crippen LogP contribution >= 0.6 is 0 Å². The highest BCUT2D eigenvalue weighted by Gasteiger charge is 2.10. The Hall–Kier alpha value is -4.98. The van der Waals surface area contributed by atoms with Gasteiger partial charge in [0.25, 0.3) is 0 Å². The zero-order valence-corrected chi connectivity index (χ0v) is 17.9. The van der Waals surface area contributed by atoms with E-state index in [1.807, 2.05) is 45.8 Å². The first-order valence-corrected chi connectivity index (χ1v) is 10.9. The van der Waals surface area contributed by atoms with Gasteiger partial charge in [0.2, 0.25) is 0 Å². The van der Waals surface area contributed by atoms with Gasteiger partial charge in [0.1, 0.15) is 11.6 Å². The van der Waals surface area contributed by atoms with Crippen LogP contribution in [0.1, 0.15) is 0 Å². The summed E-state index contributed by atoms with van der Waals surface area (Å²) in [5.41, 5.74) is 7.92. The van der Waals surface area contributed by atoms with Gasteiger partial charge in [0, 0.05) is 47.3 Å². The van der Waals surface area contributed by atoms with Crippen LogP contribution in [0.15, 0.2) is 98.1 Å². The number of aromatic nitrogens is 8. The number of benzene rings is 3. The van der Waals surface area contributed by atoms with E-state index in [-0.39, 0.29) is 0 Å². The Morgan fingerprint density at radius 1 is 0.559 bits per heavy atom. The lowest BCUT2D eigenvalue weighted by molar-refractivity contribution is 1.06. The molecule has 0 fully saturated rings. The molecule has 0 spiro atoms. The highest BCUT2D eigenvalue weighted by Crippen LogP contribution is 2.27. The van der Waals surface area contributed by atoms with E-state index < -0.39 is 0 Å². The van der Waals surface area contributed by atoms with Crippen molar-refractivity contribution >= 4 is 22.1 Å². The smallest absolute Gasteiger partial charge is 0.138 e. The van der Waals surface area contributed by atoms with Crippen LogP contribution in [0.5, 0.6) is 0 Å². The highest BCUT2D eigenvalue weighted by atomic mass is 15.0. The molecule has 3 aromatic carbocycles. The average Bonchev–Trinajstić information content (AvgIpc) is 3.69. The van der Waals surface area contributed by atoms with Gasteiger partial charge in [0.15, 0.2) is 0 Å². The summed E-state index contributed by atoms with van der Waals surface area (Å²) in [4.78, 5) is 24.6. The molecule has 34 heavy (non-hydrogen) atoms. The van der Waals surface area contributed by atoms with Crippen LogP contribution in [-0.4, -0.2) is 39.0 Å². The summed E-state index contributed by atoms with van der Waals surface area (Å²) in [7, 11) is 0. The number of nitrogens with one attached hydrogen (secondary N) is 2. The number of nitrogens with zero attached hydrogens (tertiary/aromatic N) is 6. The van der Waals surface area contributed by atoms with Crippen molar-refractivity contribution in [1.82, 2.24) is 39.0 Å². The maximum atomic E-state index is 4.77. The molecule has 0 radical (unpaired) electrons. The van der Waals surface area contributed by atoms with Gasteiger partial charge < -0.3 is 19.1 Å². The van der Waals surface area contributed by atoms with Crippen LogP contribution in [0.4, 0.5) is 0 Å². The number of fused-ring (bicyclic) bond motifs is 2. The first kappa shape index (κ1) is 18.6. The molecule has 7 rings (SSSR count). The molecule has 7 aromatic rings. The van der Waals surface area contributed by atoms with Crippen LogP contribution < -0.4 is 0 Å². The molecule has 162 valence electrons. The van der Waals surface area contributed by atoms with Gasteiger partial charge in [-0.15, -0.1) is 0 Å². The number of H-pyrrole nitrogens is 2. The zero-order chi connectivity index (χ0) is 22.5. The summed E-state index contributed by atoms with van der Waals surface area (Å²) in [5, 5.41) is 0. The molecule has 4 heterocycles. The second-order valence-corrected chi connectivity index (χ2v) is 8.09. The summed E-state index contributed by atoms with van der Waals surface area (Å²) in [6.07, 6.45) is 11.0. The van der Waals surface area contributed by atoms with E-state index in [0.29, 0.717) is 0 Å². The Morgan fingerprint density at radius 2 is 1.03 bits per heavy atom. The minimum atomic E-state index is 0.832. The average molecular weight is 442 g/mol. The second-order valence-electron chi connectivity index (χ2n) is 8.09. The molecule has 0 unspecified atom stereocenters. The Kier molecular flexibility index (Phi) is 3.98. The standard InChI is InChI=1S/C26H18N8/c1-2-18(26-30-22-8-6-20(14-24(22)32-26)34-12-10-28-16-34)4-3-17(1)25-29-21-7-5-19(13-23(21)31-25)33-11-9-27-15-33/h1-16H,(H,29,31)(H,30,32). The minimum Gasteiger partial charge on any atom is -0.338 e. The van der Waals surface area contributed by atoms with Crippen LogP contribution in [-0.2, 0) is 0 Å². The van der Waals surface area contributed by atoms with Crippen molar-refractivity contribution < 1.29 is 0 Å². The van der Waals surface area contributed by atoms with Crippen molar-refractivity contribution in [3.05, 3.63) is 98.1 Å². The Balaban J connectivity index is 1.20. The zero-order valence-electron chi connectivity index (χ0n) is 17.9. The summed E-state index contributed by atoms with van der Waals surface area (Å²) in [5.74, 6) is 1.66. The Morgan fingerprint density at radius 3 is 1.44 bits per heavy atom. The van der Waals surface area contributed by atoms with Crippen molar-refractivity contribution in [1.29, 1.82) is 0 Å². The highest BCUT2D eigenvalue weighted by molar-refractivity contribution is 5.83. The third-order valence-electron chi connectivity index (χ3n) is 5.97. The van der Waals surface area contributed by atoms with Crippen LogP contribution in [0.3, 0.4) is 0 Å². The van der Waals surface area contributed by atoms with E-state index in [0.717, 1.165) is 56.2 Å². The number of aromatic amines is 2.